The third kappa shape index (κ3) is 3.01. The van der Waals surface area contributed by atoms with Crippen LogP contribution in [0.15, 0.2) is 35.1 Å². The number of piperidine rings is 1. The Morgan fingerprint density at radius 3 is 2.95 bits per heavy atom. The van der Waals surface area contributed by atoms with Crippen molar-refractivity contribution in [2.45, 2.75) is 25.8 Å². The Balaban J connectivity index is 1.74. The van der Waals surface area contributed by atoms with Crippen LogP contribution in [0.25, 0.3) is 11.3 Å². The zero-order valence-electron chi connectivity index (χ0n) is 12.6. The van der Waals surface area contributed by atoms with Crippen molar-refractivity contribution in [2.24, 2.45) is 11.7 Å². The van der Waals surface area contributed by atoms with Gasteiger partial charge in [0.05, 0.1) is 0 Å². The van der Waals surface area contributed by atoms with Gasteiger partial charge >= 0.3 is 0 Å². The first-order chi connectivity index (χ1) is 10.6. The minimum absolute atomic E-state index is 0.0885. The number of nitrogens with two attached hydrogens (primary N) is 1. The molecule has 3 heterocycles. The smallest absolute Gasteiger partial charge is 0.276 e. The van der Waals surface area contributed by atoms with Crippen molar-refractivity contribution < 1.29 is 9.32 Å². The van der Waals surface area contributed by atoms with E-state index in [1.165, 1.54) is 0 Å². The molecule has 3 rings (SSSR count). The highest BCUT2D eigenvalue weighted by Gasteiger charge is 2.28. The molecule has 1 aliphatic rings. The fourth-order valence-electron chi connectivity index (χ4n) is 2.81. The molecule has 0 aromatic carbocycles. The topological polar surface area (TPSA) is 85.2 Å². The highest BCUT2D eigenvalue weighted by atomic mass is 16.5. The van der Waals surface area contributed by atoms with Gasteiger partial charge in [-0.2, -0.15) is 0 Å². The molecule has 0 bridgehead atoms. The van der Waals surface area contributed by atoms with Crippen molar-refractivity contribution in [2.75, 3.05) is 13.1 Å². The summed E-state index contributed by atoms with van der Waals surface area (Å²) >= 11 is 0. The van der Waals surface area contributed by atoms with Crippen molar-refractivity contribution >= 4 is 5.91 Å². The summed E-state index contributed by atoms with van der Waals surface area (Å²) in [7, 11) is 0. The van der Waals surface area contributed by atoms with Crippen LogP contribution in [0, 0.1) is 5.92 Å². The van der Waals surface area contributed by atoms with Gasteiger partial charge in [-0.05, 0) is 37.8 Å². The van der Waals surface area contributed by atoms with Gasteiger partial charge in [-0.1, -0.05) is 5.16 Å². The highest BCUT2D eigenvalue weighted by molar-refractivity contribution is 5.93. The van der Waals surface area contributed by atoms with Crippen LogP contribution >= 0.6 is 0 Å². The van der Waals surface area contributed by atoms with E-state index < -0.39 is 0 Å². The average molecular weight is 300 g/mol. The van der Waals surface area contributed by atoms with E-state index in [-0.39, 0.29) is 11.9 Å². The van der Waals surface area contributed by atoms with E-state index in [9.17, 15) is 4.79 Å². The fraction of sp³-hybridized carbons (Fsp3) is 0.438. The summed E-state index contributed by atoms with van der Waals surface area (Å²) in [4.78, 5) is 18.3. The second-order valence-corrected chi connectivity index (χ2v) is 5.82. The molecule has 1 fully saturated rings. The first-order valence-electron chi connectivity index (χ1n) is 7.57. The molecule has 6 heteroatoms. The normalized spacial score (nSPS) is 19.9. The van der Waals surface area contributed by atoms with Gasteiger partial charge in [0.25, 0.3) is 5.91 Å². The molecule has 6 nitrogen and oxygen atoms in total. The number of likely N-dealkylation sites (tertiary alicyclic amines) is 1. The Morgan fingerprint density at radius 2 is 2.23 bits per heavy atom. The van der Waals surface area contributed by atoms with Crippen LogP contribution in [0.4, 0.5) is 0 Å². The third-order valence-electron chi connectivity index (χ3n) is 4.18. The predicted octanol–water partition coefficient (Wildman–Crippen LogP) is 1.94. The maximum absolute atomic E-state index is 12.6. The van der Waals surface area contributed by atoms with Gasteiger partial charge in [-0.15, -0.1) is 0 Å². The van der Waals surface area contributed by atoms with E-state index in [0.29, 0.717) is 23.9 Å². The minimum atomic E-state index is -0.0885. The molecule has 2 N–H and O–H groups in total. The number of nitrogens with zero attached hydrogens (tertiary/aromatic N) is 3. The van der Waals surface area contributed by atoms with Gasteiger partial charge in [0.15, 0.2) is 11.5 Å². The molecule has 1 amide bonds. The van der Waals surface area contributed by atoms with Crippen molar-refractivity contribution in [3.05, 3.63) is 36.3 Å². The van der Waals surface area contributed by atoms with Crippen LogP contribution in [0.2, 0.25) is 0 Å². The SMILES string of the molecule is C[C@@H](N)[C@@H]1CCCN(C(=O)c2cc(-c3ccncc3)on2)C1. The number of hydrogen-bond acceptors (Lipinski definition) is 5. The standard InChI is InChI=1S/C16H20N4O2/c1-11(17)13-3-2-8-20(10-13)16(21)14-9-15(22-19-14)12-4-6-18-7-5-12/h4-7,9,11,13H,2-3,8,10,17H2,1H3/t11-,13-/m1/s1. The molecule has 2 aromatic heterocycles. The monoisotopic (exact) mass is 300 g/mol. The molecule has 2 atom stereocenters. The van der Waals surface area contributed by atoms with Crippen LogP contribution < -0.4 is 5.73 Å². The van der Waals surface area contributed by atoms with Crippen LogP contribution in [-0.4, -0.2) is 40.1 Å². The number of hydrogen-bond donors (Lipinski definition) is 1. The Morgan fingerprint density at radius 1 is 1.45 bits per heavy atom. The van der Waals surface area contributed by atoms with E-state index >= 15 is 0 Å². The summed E-state index contributed by atoms with van der Waals surface area (Å²) in [5.41, 5.74) is 7.17. The van der Waals surface area contributed by atoms with Crippen LogP contribution in [-0.2, 0) is 0 Å². The number of rotatable bonds is 3. The van der Waals surface area contributed by atoms with E-state index in [1.54, 1.807) is 18.5 Å². The summed E-state index contributed by atoms with van der Waals surface area (Å²) in [5, 5.41) is 3.92. The summed E-state index contributed by atoms with van der Waals surface area (Å²) in [6.45, 7) is 3.43. The second kappa shape index (κ2) is 6.27. The van der Waals surface area contributed by atoms with Gasteiger partial charge in [0.1, 0.15) is 0 Å². The Hall–Kier alpha value is -2.21. The van der Waals surface area contributed by atoms with Crippen molar-refractivity contribution in [3.63, 3.8) is 0 Å². The van der Waals surface area contributed by atoms with Gasteiger partial charge in [0.2, 0.25) is 0 Å². The van der Waals surface area contributed by atoms with E-state index in [4.69, 9.17) is 10.3 Å². The minimum Gasteiger partial charge on any atom is -0.355 e. The van der Waals surface area contributed by atoms with E-state index in [0.717, 1.165) is 24.9 Å². The van der Waals surface area contributed by atoms with Crippen molar-refractivity contribution in [1.82, 2.24) is 15.0 Å². The van der Waals surface area contributed by atoms with Gasteiger partial charge in [-0.3, -0.25) is 9.78 Å². The number of carbonyl (C=O) groups is 1. The molecule has 22 heavy (non-hydrogen) atoms. The molecule has 116 valence electrons. The lowest BCUT2D eigenvalue weighted by molar-refractivity contribution is 0.0650. The second-order valence-electron chi connectivity index (χ2n) is 5.82. The Labute approximate surface area is 129 Å². The maximum atomic E-state index is 12.6. The Bertz CT molecular complexity index is 639. The molecule has 0 radical (unpaired) electrons. The molecule has 0 spiro atoms. The summed E-state index contributed by atoms with van der Waals surface area (Å²) in [6.07, 6.45) is 5.41. The number of aromatic nitrogens is 2. The molecule has 1 aliphatic heterocycles. The molecule has 1 saturated heterocycles. The first-order valence-corrected chi connectivity index (χ1v) is 7.57. The predicted molar refractivity (Wildman–Crippen MR) is 82.0 cm³/mol. The number of carbonyl (C=O) groups excluding carboxylic acids is 1. The molecule has 0 unspecified atom stereocenters. The number of pyridine rings is 1. The van der Waals surface area contributed by atoms with Crippen LogP contribution in [0.5, 0.6) is 0 Å². The molecule has 2 aromatic rings. The lowest BCUT2D eigenvalue weighted by Gasteiger charge is -2.34. The summed E-state index contributed by atoms with van der Waals surface area (Å²) in [6, 6.07) is 5.43. The molecular weight excluding hydrogens is 280 g/mol. The quantitative estimate of drug-likeness (QED) is 0.936. The lowest BCUT2D eigenvalue weighted by atomic mass is 9.92. The lowest BCUT2D eigenvalue weighted by Crippen LogP contribution is -2.45. The van der Waals surface area contributed by atoms with Crippen molar-refractivity contribution in [3.8, 4) is 11.3 Å². The largest absolute Gasteiger partial charge is 0.355 e. The third-order valence-corrected chi connectivity index (χ3v) is 4.18. The summed E-state index contributed by atoms with van der Waals surface area (Å²) in [5.74, 6) is 0.838. The van der Waals surface area contributed by atoms with Gasteiger partial charge in [-0.25, -0.2) is 0 Å². The van der Waals surface area contributed by atoms with E-state index in [1.807, 2.05) is 24.0 Å². The Kier molecular flexibility index (Phi) is 4.20. The zero-order chi connectivity index (χ0) is 15.5. The maximum Gasteiger partial charge on any atom is 0.276 e. The van der Waals surface area contributed by atoms with Gasteiger partial charge < -0.3 is 15.2 Å². The molecule has 0 aliphatic carbocycles. The fourth-order valence-corrected chi connectivity index (χ4v) is 2.81. The first kappa shape index (κ1) is 14.7. The van der Waals surface area contributed by atoms with Gasteiger partial charge in [0, 0.05) is 43.2 Å². The number of amides is 1. The summed E-state index contributed by atoms with van der Waals surface area (Å²) < 4.78 is 5.29. The van der Waals surface area contributed by atoms with Crippen LogP contribution in [0.3, 0.4) is 0 Å². The zero-order valence-corrected chi connectivity index (χ0v) is 12.6. The van der Waals surface area contributed by atoms with Crippen LogP contribution in [0.1, 0.15) is 30.3 Å². The molecular formula is C16H20N4O2. The average Bonchev–Trinajstić information content (AvgIpc) is 3.05. The molecule has 0 saturated carbocycles. The van der Waals surface area contributed by atoms with Crippen molar-refractivity contribution in [1.29, 1.82) is 0 Å². The van der Waals surface area contributed by atoms with E-state index in [2.05, 4.69) is 10.1 Å². The highest BCUT2D eigenvalue weighted by Crippen LogP contribution is 2.23.